The van der Waals surface area contributed by atoms with Crippen molar-refractivity contribution in [1.82, 2.24) is 9.80 Å². The highest BCUT2D eigenvalue weighted by Crippen LogP contribution is 2.26. The van der Waals surface area contributed by atoms with E-state index < -0.39 is 0 Å². The maximum absolute atomic E-state index is 12.2. The molecule has 1 amide bonds. The largest absolute Gasteiger partial charge is 0.342 e. The fourth-order valence-corrected chi connectivity index (χ4v) is 3.14. The second-order valence-electron chi connectivity index (χ2n) is 6.20. The van der Waals surface area contributed by atoms with Crippen LogP contribution in [0.1, 0.15) is 39.0 Å². The molecule has 0 bridgehead atoms. The van der Waals surface area contributed by atoms with Crippen molar-refractivity contribution in [1.29, 1.82) is 0 Å². The minimum atomic E-state index is 0.263. The Morgan fingerprint density at radius 2 is 1.94 bits per heavy atom. The highest BCUT2D eigenvalue weighted by molar-refractivity contribution is 5.78. The van der Waals surface area contributed by atoms with Gasteiger partial charge < -0.3 is 10.6 Å². The number of likely N-dealkylation sites (tertiary alicyclic amines) is 1. The number of nitrogens with two attached hydrogens (primary N) is 1. The number of carbonyl (C=O) groups is 1. The maximum atomic E-state index is 12.2. The smallest absolute Gasteiger partial charge is 0.236 e. The molecule has 0 aromatic rings. The first kappa shape index (κ1) is 13.8. The Hall–Kier alpha value is -0.610. The molecule has 0 spiro atoms. The maximum Gasteiger partial charge on any atom is 0.236 e. The number of hydrogen-bond acceptors (Lipinski definition) is 3. The summed E-state index contributed by atoms with van der Waals surface area (Å²) in [5.41, 5.74) is 5.87. The van der Waals surface area contributed by atoms with Crippen molar-refractivity contribution >= 4 is 5.91 Å². The summed E-state index contributed by atoms with van der Waals surface area (Å²) in [5.74, 6) is 1.10. The third-order valence-corrected chi connectivity index (χ3v) is 4.59. The van der Waals surface area contributed by atoms with E-state index in [1.165, 1.54) is 25.7 Å². The van der Waals surface area contributed by atoms with Gasteiger partial charge in [0.1, 0.15) is 0 Å². The summed E-state index contributed by atoms with van der Waals surface area (Å²) in [4.78, 5) is 16.4. The van der Waals surface area contributed by atoms with Crippen LogP contribution in [0.5, 0.6) is 0 Å². The van der Waals surface area contributed by atoms with E-state index in [0.29, 0.717) is 12.6 Å². The molecule has 4 nitrogen and oxygen atoms in total. The quantitative estimate of drug-likeness (QED) is 0.818. The zero-order valence-corrected chi connectivity index (χ0v) is 11.8. The van der Waals surface area contributed by atoms with E-state index >= 15 is 0 Å². The minimum Gasteiger partial charge on any atom is -0.342 e. The summed E-state index contributed by atoms with van der Waals surface area (Å²) in [5, 5.41) is 0. The Labute approximate surface area is 110 Å². The Bertz CT molecular complexity index is 287. The van der Waals surface area contributed by atoms with E-state index in [9.17, 15) is 4.79 Å². The second-order valence-corrected chi connectivity index (χ2v) is 6.20. The van der Waals surface area contributed by atoms with E-state index in [1.54, 1.807) is 0 Å². The molecule has 1 saturated heterocycles. The van der Waals surface area contributed by atoms with Gasteiger partial charge in [-0.05, 0) is 38.0 Å². The third kappa shape index (κ3) is 3.45. The SMILES string of the molecule is CC1CCC(N(C)C(=O)CN2CC[C@@H](N)C2)CC1. The van der Waals surface area contributed by atoms with Crippen LogP contribution in [0.25, 0.3) is 0 Å². The predicted molar refractivity (Wildman–Crippen MR) is 73.2 cm³/mol. The molecule has 2 aliphatic rings. The van der Waals surface area contributed by atoms with Crippen LogP contribution in [0.2, 0.25) is 0 Å². The van der Waals surface area contributed by atoms with Crippen LogP contribution in [0.4, 0.5) is 0 Å². The number of nitrogens with zero attached hydrogens (tertiary/aromatic N) is 2. The first-order chi connectivity index (χ1) is 8.56. The standard InChI is InChI=1S/C14H27N3O/c1-11-3-5-13(6-4-11)16(2)14(18)10-17-8-7-12(15)9-17/h11-13H,3-10,15H2,1-2H3/t11?,12-,13?/m1/s1. The molecule has 2 fully saturated rings. The van der Waals surface area contributed by atoms with Gasteiger partial charge in [-0.25, -0.2) is 0 Å². The topological polar surface area (TPSA) is 49.6 Å². The minimum absolute atomic E-state index is 0.263. The number of hydrogen-bond donors (Lipinski definition) is 1. The van der Waals surface area contributed by atoms with E-state index in [4.69, 9.17) is 5.73 Å². The summed E-state index contributed by atoms with van der Waals surface area (Å²) in [6.45, 7) is 4.71. The fourth-order valence-electron chi connectivity index (χ4n) is 3.14. The van der Waals surface area contributed by atoms with Gasteiger partial charge in [-0.15, -0.1) is 0 Å². The van der Waals surface area contributed by atoms with Crippen molar-refractivity contribution in [2.75, 3.05) is 26.7 Å². The second kappa shape index (κ2) is 6.02. The van der Waals surface area contributed by atoms with Crippen molar-refractivity contribution in [2.24, 2.45) is 11.7 Å². The Balaban J connectivity index is 1.77. The molecule has 1 atom stereocenters. The fraction of sp³-hybridized carbons (Fsp3) is 0.929. The molecular formula is C14H27N3O. The van der Waals surface area contributed by atoms with Crippen molar-refractivity contribution < 1.29 is 4.79 Å². The predicted octanol–water partition coefficient (Wildman–Crippen LogP) is 1.06. The van der Waals surface area contributed by atoms with Gasteiger partial charge in [0.05, 0.1) is 6.54 Å². The summed E-state index contributed by atoms with van der Waals surface area (Å²) >= 11 is 0. The molecule has 1 aliphatic heterocycles. The number of amides is 1. The first-order valence-corrected chi connectivity index (χ1v) is 7.30. The van der Waals surface area contributed by atoms with Crippen LogP contribution in [-0.2, 0) is 4.79 Å². The molecule has 1 heterocycles. The van der Waals surface area contributed by atoms with Crippen molar-refractivity contribution in [2.45, 2.75) is 51.1 Å². The van der Waals surface area contributed by atoms with E-state index in [1.807, 2.05) is 11.9 Å². The Morgan fingerprint density at radius 3 is 2.50 bits per heavy atom. The molecule has 18 heavy (non-hydrogen) atoms. The molecule has 0 unspecified atom stereocenters. The molecule has 1 aliphatic carbocycles. The van der Waals surface area contributed by atoms with Crippen LogP contribution in [-0.4, -0.2) is 54.5 Å². The Morgan fingerprint density at radius 1 is 1.28 bits per heavy atom. The lowest BCUT2D eigenvalue weighted by molar-refractivity contribution is -0.133. The van der Waals surface area contributed by atoms with E-state index in [0.717, 1.165) is 25.4 Å². The summed E-state index contributed by atoms with van der Waals surface area (Å²) in [6, 6.07) is 0.726. The van der Waals surface area contributed by atoms with Crippen LogP contribution in [0.15, 0.2) is 0 Å². The summed E-state index contributed by atoms with van der Waals surface area (Å²) in [6.07, 6.45) is 5.89. The van der Waals surface area contributed by atoms with Gasteiger partial charge in [-0.3, -0.25) is 9.69 Å². The van der Waals surface area contributed by atoms with Crippen molar-refractivity contribution in [3.63, 3.8) is 0 Å². The molecular weight excluding hydrogens is 226 g/mol. The number of rotatable bonds is 3. The van der Waals surface area contributed by atoms with Crippen molar-refractivity contribution in [3.8, 4) is 0 Å². The molecule has 1 saturated carbocycles. The first-order valence-electron chi connectivity index (χ1n) is 7.30. The molecule has 104 valence electrons. The highest BCUT2D eigenvalue weighted by atomic mass is 16.2. The van der Waals surface area contributed by atoms with Crippen LogP contribution >= 0.6 is 0 Å². The summed E-state index contributed by atoms with van der Waals surface area (Å²) < 4.78 is 0. The third-order valence-electron chi connectivity index (χ3n) is 4.59. The average molecular weight is 253 g/mol. The van der Waals surface area contributed by atoms with E-state index in [2.05, 4.69) is 11.8 Å². The van der Waals surface area contributed by atoms with Gasteiger partial charge in [0.15, 0.2) is 0 Å². The van der Waals surface area contributed by atoms with Gasteiger partial charge in [0.2, 0.25) is 5.91 Å². The van der Waals surface area contributed by atoms with Gasteiger partial charge in [0, 0.05) is 32.2 Å². The normalized spacial score (nSPS) is 33.6. The van der Waals surface area contributed by atoms with Crippen LogP contribution in [0, 0.1) is 5.92 Å². The molecule has 2 rings (SSSR count). The van der Waals surface area contributed by atoms with Gasteiger partial charge in [-0.1, -0.05) is 6.92 Å². The van der Waals surface area contributed by atoms with E-state index in [-0.39, 0.29) is 11.9 Å². The lowest BCUT2D eigenvalue weighted by atomic mass is 9.87. The number of carbonyl (C=O) groups excluding carboxylic acids is 1. The van der Waals surface area contributed by atoms with Gasteiger partial charge in [0.25, 0.3) is 0 Å². The summed E-state index contributed by atoms with van der Waals surface area (Å²) in [7, 11) is 1.97. The number of likely N-dealkylation sites (N-methyl/N-ethyl adjacent to an activating group) is 1. The molecule has 0 radical (unpaired) electrons. The van der Waals surface area contributed by atoms with Gasteiger partial charge >= 0.3 is 0 Å². The van der Waals surface area contributed by atoms with Crippen LogP contribution < -0.4 is 5.73 Å². The van der Waals surface area contributed by atoms with Crippen LogP contribution in [0.3, 0.4) is 0 Å². The molecule has 4 heteroatoms. The molecule has 0 aromatic carbocycles. The molecule has 2 N–H and O–H groups in total. The lowest BCUT2D eigenvalue weighted by Crippen LogP contribution is -2.44. The zero-order valence-electron chi connectivity index (χ0n) is 11.8. The Kier molecular flexibility index (Phi) is 4.62. The average Bonchev–Trinajstić information content (AvgIpc) is 2.75. The van der Waals surface area contributed by atoms with Crippen molar-refractivity contribution in [3.05, 3.63) is 0 Å². The molecule has 0 aromatic heterocycles. The highest BCUT2D eigenvalue weighted by Gasteiger charge is 2.27. The lowest BCUT2D eigenvalue weighted by Gasteiger charge is -2.34. The van der Waals surface area contributed by atoms with Gasteiger partial charge in [-0.2, -0.15) is 0 Å². The monoisotopic (exact) mass is 253 g/mol. The zero-order chi connectivity index (χ0) is 13.1.